The number of fused-ring (bicyclic) bond motifs is 3. The van der Waals surface area contributed by atoms with E-state index in [0.29, 0.717) is 12.8 Å². The molecule has 2 unspecified atom stereocenters. The van der Waals surface area contributed by atoms with Gasteiger partial charge in [-0.1, -0.05) is 75.2 Å². The Bertz CT molecular complexity index is 961. The Balaban J connectivity index is 1.53. The third kappa shape index (κ3) is 6.59. The lowest BCUT2D eigenvalue weighted by molar-refractivity contribution is -0.137. The van der Waals surface area contributed by atoms with Crippen molar-refractivity contribution in [1.29, 1.82) is 0 Å². The minimum absolute atomic E-state index is 0.0307. The molecule has 0 saturated carbocycles. The number of amides is 2. The van der Waals surface area contributed by atoms with Crippen molar-refractivity contribution in [3.63, 3.8) is 0 Å². The highest BCUT2D eigenvalue weighted by atomic mass is 16.5. The monoisotopic (exact) mass is 466 g/mol. The highest BCUT2D eigenvalue weighted by Crippen LogP contribution is 2.44. The van der Waals surface area contributed by atoms with Crippen LogP contribution >= 0.6 is 0 Å². The molecule has 0 aromatic heterocycles. The highest BCUT2D eigenvalue weighted by molar-refractivity contribution is 5.80. The van der Waals surface area contributed by atoms with Crippen molar-refractivity contribution in [3.8, 4) is 11.1 Å². The molecule has 0 fully saturated rings. The first-order valence-electron chi connectivity index (χ1n) is 12.1. The van der Waals surface area contributed by atoms with Gasteiger partial charge in [-0.15, -0.1) is 0 Å². The van der Waals surface area contributed by atoms with Crippen LogP contribution in [-0.2, 0) is 14.3 Å². The normalized spacial score (nSPS) is 13.9. The van der Waals surface area contributed by atoms with E-state index in [-0.39, 0.29) is 31.3 Å². The van der Waals surface area contributed by atoms with Gasteiger partial charge in [-0.05, 0) is 35.1 Å². The van der Waals surface area contributed by atoms with E-state index in [1.54, 1.807) is 0 Å². The minimum Gasteiger partial charge on any atom is -0.481 e. The first-order chi connectivity index (χ1) is 16.4. The zero-order chi connectivity index (χ0) is 24.5. The van der Waals surface area contributed by atoms with Crippen molar-refractivity contribution < 1.29 is 24.2 Å². The predicted molar refractivity (Wildman–Crippen MR) is 131 cm³/mol. The number of aliphatic carboxylic acids is 1. The fourth-order valence-corrected chi connectivity index (χ4v) is 4.50. The van der Waals surface area contributed by atoms with Gasteiger partial charge in [-0.25, -0.2) is 4.79 Å². The quantitative estimate of drug-likeness (QED) is 0.415. The van der Waals surface area contributed by atoms with Crippen molar-refractivity contribution in [1.82, 2.24) is 10.6 Å². The molecule has 0 heterocycles. The number of ether oxygens (including phenoxy) is 1. The summed E-state index contributed by atoms with van der Waals surface area (Å²) in [5.41, 5.74) is 4.60. The van der Waals surface area contributed by atoms with Gasteiger partial charge in [0.25, 0.3) is 0 Å². The third-order valence-electron chi connectivity index (χ3n) is 6.28. The maximum atomic E-state index is 12.5. The molecule has 0 saturated heterocycles. The Labute approximate surface area is 200 Å². The van der Waals surface area contributed by atoms with Gasteiger partial charge in [0.2, 0.25) is 5.91 Å². The molecular weight excluding hydrogens is 432 g/mol. The molecule has 2 atom stereocenters. The van der Waals surface area contributed by atoms with E-state index in [0.717, 1.165) is 35.1 Å². The summed E-state index contributed by atoms with van der Waals surface area (Å²) >= 11 is 0. The third-order valence-corrected chi connectivity index (χ3v) is 6.28. The number of alkyl carbamates (subject to hydrolysis) is 1. The number of carbonyl (C=O) groups excluding carboxylic acids is 2. The molecule has 0 aliphatic heterocycles. The summed E-state index contributed by atoms with van der Waals surface area (Å²) in [4.78, 5) is 36.1. The van der Waals surface area contributed by atoms with Crippen molar-refractivity contribution in [2.45, 2.75) is 70.4 Å². The van der Waals surface area contributed by atoms with Crippen molar-refractivity contribution >= 4 is 18.0 Å². The zero-order valence-corrected chi connectivity index (χ0v) is 19.9. The van der Waals surface area contributed by atoms with Crippen LogP contribution in [0.3, 0.4) is 0 Å². The van der Waals surface area contributed by atoms with E-state index in [4.69, 9.17) is 9.84 Å². The van der Waals surface area contributed by atoms with E-state index in [9.17, 15) is 14.4 Å². The van der Waals surface area contributed by atoms with Gasteiger partial charge in [0.05, 0.1) is 6.42 Å². The maximum absolute atomic E-state index is 12.5. The van der Waals surface area contributed by atoms with E-state index in [1.807, 2.05) is 38.1 Å². The lowest BCUT2D eigenvalue weighted by Gasteiger charge is -2.21. The molecular formula is C27H34N2O5. The smallest absolute Gasteiger partial charge is 0.407 e. The van der Waals surface area contributed by atoms with Crippen molar-refractivity contribution in [3.05, 3.63) is 59.7 Å². The first-order valence-corrected chi connectivity index (χ1v) is 12.1. The molecule has 2 aromatic carbocycles. The number of rotatable bonds is 12. The van der Waals surface area contributed by atoms with Crippen LogP contribution in [-0.4, -0.2) is 41.8 Å². The Morgan fingerprint density at radius 2 is 1.53 bits per heavy atom. The van der Waals surface area contributed by atoms with Crippen LogP contribution in [0.2, 0.25) is 0 Å². The molecule has 0 radical (unpaired) electrons. The number of nitrogens with one attached hydrogen (secondary N) is 2. The van der Waals surface area contributed by atoms with Crippen LogP contribution in [0.5, 0.6) is 0 Å². The van der Waals surface area contributed by atoms with Crippen LogP contribution in [0, 0.1) is 0 Å². The summed E-state index contributed by atoms with van der Waals surface area (Å²) in [7, 11) is 0. The number of benzene rings is 2. The fourth-order valence-electron chi connectivity index (χ4n) is 4.50. The Morgan fingerprint density at radius 3 is 2.09 bits per heavy atom. The minimum atomic E-state index is -0.940. The summed E-state index contributed by atoms with van der Waals surface area (Å²) in [6.07, 6.45) is 2.34. The largest absolute Gasteiger partial charge is 0.481 e. The first kappa shape index (κ1) is 25.3. The molecule has 7 heteroatoms. The van der Waals surface area contributed by atoms with E-state index >= 15 is 0 Å². The Kier molecular flexibility index (Phi) is 9.08. The average molecular weight is 467 g/mol. The number of carbonyl (C=O) groups is 3. The van der Waals surface area contributed by atoms with Gasteiger partial charge >= 0.3 is 12.1 Å². The van der Waals surface area contributed by atoms with Crippen LogP contribution in [0.15, 0.2) is 48.5 Å². The number of carboxylic acid groups (broad SMARTS) is 1. The standard InChI is InChI=1S/C27H34N2O5/c1-3-5-10-19(16-26(31)32)28-25(30)15-18(4-2)29-27(33)34-17-24-22-13-8-6-11-20(22)21-12-7-9-14-23(21)24/h6-9,11-14,18-19,24H,3-5,10,15-17H2,1-2H3,(H,28,30)(H,29,33)(H,31,32). The Morgan fingerprint density at radius 1 is 0.912 bits per heavy atom. The van der Waals surface area contributed by atoms with Gasteiger partial charge in [0.15, 0.2) is 0 Å². The summed E-state index contributed by atoms with van der Waals surface area (Å²) in [5, 5.41) is 14.7. The SMILES string of the molecule is CCCCC(CC(=O)O)NC(=O)CC(CC)NC(=O)OCC1c2ccccc2-c2ccccc21. The second-order valence-corrected chi connectivity index (χ2v) is 8.78. The summed E-state index contributed by atoms with van der Waals surface area (Å²) < 4.78 is 5.58. The van der Waals surface area contributed by atoms with Gasteiger partial charge in [-0.2, -0.15) is 0 Å². The van der Waals surface area contributed by atoms with Gasteiger partial charge in [-0.3, -0.25) is 9.59 Å². The summed E-state index contributed by atoms with van der Waals surface area (Å²) in [6.45, 7) is 4.11. The van der Waals surface area contributed by atoms with E-state index in [1.165, 1.54) is 0 Å². The number of carboxylic acids is 1. The Hall–Kier alpha value is -3.35. The molecule has 1 aliphatic rings. The van der Waals surface area contributed by atoms with Gasteiger partial charge in [0, 0.05) is 24.4 Å². The molecule has 1 aliphatic carbocycles. The lowest BCUT2D eigenvalue weighted by atomic mass is 9.98. The second-order valence-electron chi connectivity index (χ2n) is 8.78. The van der Waals surface area contributed by atoms with Gasteiger partial charge < -0.3 is 20.5 Å². The van der Waals surface area contributed by atoms with Crippen molar-refractivity contribution in [2.75, 3.05) is 6.61 Å². The van der Waals surface area contributed by atoms with Crippen LogP contribution in [0.4, 0.5) is 4.79 Å². The number of hydrogen-bond acceptors (Lipinski definition) is 4. The van der Waals surface area contributed by atoms with Crippen LogP contribution < -0.4 is 10.6 Å². The predicted octanol–water partition coefficient (Wildman–Crippen LogP) is 4.84. The molecule has 0 spiro atoms. The summed E-state index contributed by atoms with van der Waals surface area (Å²) in [6, 6.07) is 15.5. The van der Waals surface area contributed by atoms with Crippen molar-refractivity contribution in [2.24, 2.45) is 0 Å². The zero-order valence-electron chi connectivity index (χ0n) is 19.9. The van der Waals surface area contributed by atoms with Crippen LogP contribution in [0.25, 0.3) is 11.1 Å². The molecule has 3 N–H and O–H groups in total. The molecule has 0 bridgehead atoms. The lowest BCUT2D eigenvalue weighted by Crippen LogP contribution is -2.42. The average Bonchev–Trinajstić information content (AvgIpc) is 3.14. The fraction of sp³-hybridized carbons (Fsp3) is 0.444. The highest BCUT2D eigenvalue weighted by Gasteiger charge is 2.29. The number of hydrogen-bond donors (Lipinski definition) is 3. The topological polar surface area (TPSA) is 105 Å². The molecule has 182 valence electrons. The van der Waals surface area contributed by atoms with Gasteiger partial charge in [0.1, 0.15) is 6.61 Å². The number of unbranched alkanes of at least 4 members (excludes halogenated alkanes) is 1. The maximum Gasteiger partial charge on any atom is 0.407 e. The van der Waals surface area contributed by atoms with Crippen LogP contribution in [0.1, 0.15) is 69.4 Å². The molecule has 2 aromatic rings. The second kappa shape index (κ2) is 12.2. The summed E-state index contributed by atoms with van der Waals surface area (Å²) in [5.74, 6) is -1.24. The van der Waals surface area contributed by atoms with E-state index in [2.05, 4.69) is 34.9 Å². The van der Waals surface area contributed by atoms with E-state index < -0.39 is 24.1 Å². The molecule has 2 amide bonds. The molecule has 3 rings (SSSR count). The molecule has 7 nitrogen and oxygen atoms in total. The molecule has 34 heavy (non-hydrogen) atoms.